The SMILES string of the molecule is CC1CCN(C(=O)c2ccc(Br)s2)C1CO. The number of aliphatic hydroxyl groups is 1. The van der Waals surface area contributed by atoms with Crippen LogP contribution in [0.4, 0.5) is 0 Å². The van der Waals surface area contributed by atoms with Crippen molar-refractivity contribution in [3.63, 3.8) is 0 Å². The molecule has 2 unspecified atom stereocenters. The highest BCUT2D eigenvalue weighted by molar-refractivity contribution is 9.11. The van der Waals surface area contributed by atoms with Crippen molar-refractivity contribution in [3.8, 4) is 0 Å². The second-order valence-corrected chi connectivity index (χ2v) is 6.58. The molecular formula is C11H14BrNO2S. The third-order valence-corrected chi connectivity index (χ3v) is 4.73. The molecule has 16 heavy (non-hydrogen) atoms. The Kier molecular flexibility index (Phi) is 3.66. The average molecular weight is 304 g/mol. The van der Waals surface area contributed by atoms with Crippen LogP contribution in [0.5, 0.6) is 0 Å². The van der Waals surface area contributed by atoms with Crippen molar-refractivity contribution in [3.05, 3.63) is 20.8 Å². The number of aliphatic hydroxyl groups excluding tert-OH is 1. The van der Waals surface area contributed by atoms with Gasteiger partial charge in [-0.1, -0.05) is 6.92 Å². The molecule has 3 nitrogen and oxygen atoms in total. The van der Waals surface area contributed by atoms with Crippen LogP contribution in [0.3, 0.4) is 0 Å². The summed E-state index contributed by atoms with van der Waals surface area (Å²) in [5.74, 6) is 0.427. The summed E-state index contributed by atoms with van der Waals surface area (Å²) in [4.78, 5) is 14.7. The molecule has 1 aromatic heterocycles. The van der Waals surface area contributed by atoms with Crippen LogP contribution in [0.2, 0.25) is 0 Å². The summed E-state index contributed by atoms with van der Waals surface area (Å²) < 4.78 is 0.962. The maximum atomic E-state index is 12.2. The summed E-state index contributed by atoms with van der Waals surface area (Å²) in [6.45, 7) is 2.89. The molecule has 2 atom stereocenters. The number of carbonyl (C=O) groups excluding carboxylic acids is 1. The lowest BCUT2D eigenvalue weighted by Crippen LogP contribution is -2.39. The summed E-state index contributed by atoms with van der Waals surface area (Å²) in [5.41, 5.74) is 0. The number of hydrogen-bond donors (Lipinski definition) is 1. The molecule has 0 aliphatic carbocycles. The molecular weight excluding hydrogens is 290 g/mol. The fourth-order valence-electron chi connectivity index (χ4n) is 2.11. The molecule has 1 N–H and O–H groups in total. The van der Waals surface area contributed by atoms with E-state index in [1.807, 2.05) is 12.1 Å². The highest BCUT2D eigenvalue weighted by atomic mass is 79.9. The highest BCUT2D eigenvalue weighted by Gasteiger charge is 2.34. The fourth-order valence-corrected chi connectivity index (χ4v) is 3.45. The van der Waals surface area contributed by atoms with E-state index < -0.39 is 0 Å². The molecule has 0 spiro atoms. The zero-order chi connectivity index (χ0) is 11.7. The molecule has 1 saturated heterocycles. The molecule has 2 rings (SSSR count). The minimum atomic E-state index is -0.0200. The Morgan fingerprint density at radius 1 is 1.69 bits per heavy atom. The standard InChI is InChI=1S/C11H14BrNO2S/c1-7-4-5-13(8(7)6-14)11(15)9-2-3-10(12)16-9/h2-3,7-8,14H,4-6H2,1H3. The predicted octanol–water partition coefficient (Wildman–Crippen LogP) is 2.35. The fraction of sp³-hybridized carbons (Fsp3) is 0.545. The smallest absolute Gasteiger partial charge is 0.264 e. The zero-order valence-corrected chi connectivity index (χ0v) is 11.4. The van der Waals surface area contributed by atoms with Crippen LogP contribution in [0.25, 0.3) is 0 Å². The summed E-state index contributed by atoms with van der Waals surface area (Å²) in [7, 11) is 0. The van der Waals surface area contributed by atoms with Crippen LogP contribution < -0.4 is 0 Å². The maximum Gasteiger partial charge on any atom is 0.264 e. The van der Waals surface area contributed by atoms with Gasteiger partial charge in [0.1, 0.15) is 0 Å². The van der Waals surface area contributed by atoms with E-state index in [-0.39, 0.29) is 18.6 Å². The van der Waals surface area contributed by atoms with Crippen molar-refractivity contribution in [2.75, 3.05) is 13.2 Å². The highest BCUT2D eigenvalue weighted by Crippen LogP contribution is 2.29. The van der Waals surface area contributed by atoms with Crippen LogP contribution in [-0.2, 0) is 0 Å². The van der Waals surface area contributed by atoms with Gasteiger partial charge >= 0.3 is 0 Å². The van der Waals surface area contributed by atoms with Gasteiger partial charge < -0.3 is 10.0 Å². The third kappa shape index (κ3) is 2.17. The largest absolute Gasteiger partial charge is 0.394 e. The Balaban J connectivity index is 2.16. The first-order valence-electron chi connectivity index (χ1n) is 5.30. The Hall–Kier alpha value is -0.390. The summed E-state index contributed by atoms with van der Waals surface area (Å²) in [5, 5.41) is 9.31. The van der Waals surface area contributed by atoms with Crippen molar-refractivity contribution in [2.24, 2.45) is 5.92 Å². The van der Waals surface area contributed by atoms with Crippen molar-refractivity contribution in [1.82, 2.24) is 4.90 Å². The van der Waals surface area contributed by atoms with Crippen molar-refractivity contribution >= 4 is 33.2 Å². The van der Waals surface area contributed by atoms with Crippen LogP contribution in [0.1, 0.15) is 23.0 Å². The van der Waals surface area contributed by atoms with Gasteiger partial charge in [0.2, 0.25) is 0 Å². The molecule has 0 bridgehead atoms. The average Bonchev–Trinajstić information content (AvgIpc) is 2.83. The zero-order valence-electron chi connectivity index (χ0n) is 9.02. The van der Waals surface area contributed by atoms with Crippen LogP contribution in [0, 0.1) is 5.92 Å². The van der Waals surface area contributed by atoms with Gasteiger partial charge in [0, 0.05) is 6.54 Å². The normalized spacial score (nSPS) is 25.1. The van der Waals surface area contributed by atoms with Gasteiger partial charge in [-0.2, -0.15) is 0 Å². The minimum Gasteiger partial charge on any atom is -0.394 e. The summed E-state index contributed by atoms with van der Waals surface area (Å²) in [6, 6.07) is 3.69. The quantitative estimate of drug-likeness (QED) is 0.911. The van der Waals surface area contributed by atoms with E-state index in [0.717, 1.165) is 21.6 Å². The molecule has 1 amide bonds. The second kappa shape index (κ2) is 4.85. The van der Waals surface area contributed by atoms with Gasteiger partial charge in [-0.05, 0) is 40.4 Å². The molecule has 88 valence electrons. The minimum absolute atomic E-state index is 0.0200. The van der Waals surface area contributed by atoms with E-state index in [2.05, 4.69) is 22.9 Å². The second-order valence-electron chi connectivity index (χ2n) is 4.12. The van der Waals surface area contributed by atoms with E-state index in [9.17, 15) is 9.90 Å². The van der Waals surface area contributed by atoms with E-state index in [0.29, 0.717) is 5.92 Å². The number of nitrogens with zero attached hydrogens (tertiary/aromatic N) is 1. The molecule has 5 heteroatoms. The maximum absolute atomic E-state index is 12.2. The van der Waals surface area contributed by atoms with Gasteiger partial charge in [-0.3, -0.25) is 4.79 Å². The van der Waals surface area contributed by atoms with Gasteiger partial charge in [0.15, 0.2) is 0 Å². The number of thiophene rings is 1. The molecule has 0 saturated carbocycles. The number of hydrogen-bond acceptors (Lipinski definition) is 3. The Labute approximate surface area is 107 Å². The topological polar surface area (TPSA) is 40.5 Å². The number of halogens is 1. The van der Waals surface area contributed by atoms with E-state index in [4.69, 9.17) is 0 Å². The number of likely N-dealkylation sites (tertiary alicyclic amines) is 1. The van der Waals surface area contributed by atoms with E-state index >= 15 is 0 Å². The third-order valence-electron chi connectivity index (χ3n) is 3.11. The molecule has 1 fully saturated rings. The predicted molar refractivity (Wildman–Crippen MR) is 67.7 cm³/mol. The van der Waals surface area contributed by atoms with E-state index in [1.54, 1.807) is 4.90 Å². The van der Waals surface area contributed by atoms with Crippen LogP contribution >= 0.6 is 27.3 Å². The Morgan fingerprint density at radius 3 is 3.00 bits per heavy atom. The van der Waals surface area contributed by atoms with Gasteiger partial charge in [0.05, 0.1) is 21.3 Å². The van der Waals surface area contributed by atoms with Crippen LogP contribution in [-0.4, -0.2) is 35.1 Å². The van der Waals surface area contributed by atoms with E-state index in [1.165, 1.54) is 11.3 Å². The van der Waals surface area contributed by atoms with Crippen LogP contribution in [0.15, 0.2) is 15.9 Å². The number of amides is 1. The Morgan fingerprint density at radius 2 is 2.44 bits per heavy atom. The van der Waals surface area contributed by atoms with Gasteiger partial charge in [-0.15, -0.1) is 11.3 Å². The lowest BCUT2D eigenvalue weighted by Gasteiger charge is -2.24. The summed E-state index contributed by atoms with van der Waals surface area (Å²) in [6.07, 6.45) is 0.976. The van der Waals surface area contributed by atoms with Gasteiger partial charge in [0.25, 0.3) is 5.91 Å². The van der Waals surface area contributed by atoms with Crippen molar-refractivity contribution < 1.29 is 9.90 Å². The molecule has 1 aliphatic heterocycles. The Bertz CT molecular complexity index is 393. The number of carbonyl (C=O) groups is 1. The summed E-state index contributed by atoms with van der Waals surface area (Å²) >= 11 is 4.79. The first-order chi connectivity index (χ1) is 7.63. The number of rotatable bonds is 2. The molecule has 1 aliphatic rings. The molecule has 1 aromatic rings. The molecule has 2 heterocycles. The lowest BCUT2D eigenvalue weighted by molar-refractivity contribution is 0.0653. The van der Waals surface area contributed by atoms with Crippen molar-refractivity contribution in [1.29, 1.82) is 0 Å². The first-order valence-corrected chi connectivity index (χ1v) is 6.91. The first kappa shape index (κ1) is 12.1. The monoisotopic (exact) mass is 303 g/mol. The molecule has 0 radical (unpaired) electrons. The van der Waals surface area contributed by atoms with Crippen molar-refractivity contribution in [2.45, 2.75) is 19.4 Å². The molecule has 0 aromatic carbocycles. The lowest BCUT2D eigenvalue weighted by atomic mass is 10.0. The van der Waals surface area contributed by atoms with Gasteiger partial charge in [-0.25, -0.2) is 0 Å².